The van der Waals surface area contributed by atoms with Crippen LogP contribution < -0.4 is 9.47 Å². The number of esters is 1. The molecule has 0 bridgehead atoms. The zero-order chi connectivity index (χ0) is 19.4. The minimum atomic E-state index is -1.02. The normalized spacial score (nSPS) is 11.1. The van der Waals surface area contributed by atoms with E-state index in [1.165, 1.54) is 30.3 Å². The molecule has 0 fully saturated rings. The van der Waals surface area contributed by atoms with Crippen LogP contribution in [0.1, 0.15) is 17.3 Å². The molecule has 0 amide bonds. The Morgan fingerprint density at radius 3 is 2.37 bits per heavy atom. The lowest BCUT2D eigenvalue weighted by Crippen LogP contribution is -2.09. The van der Waals surface area contributed by atoms with Gasteiger partial charge in [-0.3, -0.25) is 0 Å². The topological polar surface area (TPSA) is 35.5 Å². The first-order valence-electron chi connectivity index (χ1n) is 8.12. The fourth-order valence-corrected chi connectivity index (χ4v) is 2.42. The van der Waals surface area contributed by atoms with Gasteiger partial charge in [-0.25, -0.2) is 18.0 Å². The lowest BCUT2D eigenvalue weighted by molar-refractivity contribution is 0.0727. The van der Waals surface area contributed by atoms with Gasteiger partial charge >= 0.3 is 5.97 Å². The SMILES string of the molecule is CC=CCOc1ccc(OC(=O)c2ccc3cc(F)c(F)cc3c2)c(F)c1. The second-order valence-electron chi connectivity index (χ2n) is 5.69. The average Bonchev–Trinajstić information content (AvgIpc) is 2.64. The van der Waals surface area contributed by atoms with Gasteiger partial charge in [-0.1, -0.05) is 18.2 Å². The largest absolute Gasteiger partial charge is 0.489 e. The molecule has 0 heterocycles. The first-order chi connectivity index (χ1) is 13.0. The van der Waals surface area contributed by atoms with Crippen molar-refractivity contribution in [2.75, 3.05) is 6.61 Å². The van der Waals surface area contributed by atoms with Crippen molar-refractivity contribution in [3.63, 3.8) is 0 Å². The summed E-state index contributed by atoms with van der Waals surface area (Å²) in [5.41, 5.74) is 0.0846. The molecular weight excluding hydrogens is 357 g/mol. The van der Waals surface area contributed by atoms with Gasteiger partial charge in [0.05, 0.1) is 5.56 Å². The molecular formula is C21H15F3O3. The fraction of sp³-hybridized carbons (Fsp3) is 0.0952. The first kappa shape index (κ1) is 18.5. The standard InChI is InChI=1S/C21H15F3O3/c1-2-3-8-26-16-6-7-20(19(24)12-16)27-21(25)14-5-4-13-10-17(22)18(23)11-15(13)9-14/h2-7,9-12H,8H2,1H3. The second kappa shape index (κ2) is 7.95. The number of benzene rings is 3. The highest BCUT2D eigenvalue weighted by molar-refractivity contribution is 5.96. The summed E-state index contributed by atoms with van der Waals surface area (Å²) in [5.74, 6) is -3.53. The summed E-state index contributed by atoms with van der Waals surface area (Å²) >= 11 is 0. The van der Waals surface area contributed by atoms with E-state index in [1.807, 2.05) is 6.92 Å². The molecule has 0 spiro atoms. The van der Waals surface area contributed by atoms with Crippen LogP contribution in [0.4, 0.5) is 13.2 Å². The fourth-order valence-electron chi connectivity index (χ4n) is 2.42. The molecule has 138 valence electrons. The highest BCUT2D eigenvalue weighted by Gasteiger charge is 2.14. The van der Waals surface area contributed by atoms with Crippen LogP contribution in [0, 0.1) is 17.5 Å². The predicted molar refractivity (Wildman–Crippen MR) is 95.5 cm³/mol. The molecule has 0 aliphatic heterocycles. The summed E-state index contributed by atoms with van der Waals surface area (Å²) in [4.78, 5) is 12.3. The molecule has 0 radical (unpaired) electrons. The van der Waals surface area contributed by atoms with Crippen molar-refractivity contribution in [3.05, 3.63) is 83.7 Å². The number of fused-ring (bicyclic) bond motifs is 1. The van der Waals surface area contributed by atoms with Crippen LogP contribution in [0.2, 0.25) is 0 Å². The molecule has 6 heteroatoms. The van der Waals surface area contributed by atoms with Crippen molar-refractivity contribution in [1.29, 1.82) is 0 Å². The quantitative estimate of drug-likeness (QED) is 0.340. The Labute approximate surface area is 153 Å². The summed E-state index contributed by atoms with van der Waals surface area (Å²) in [7, 11) is 0. The Morgan fingerprint density at radius 2 is 1.67 bits per heavy atom. The van der Waals surface area contributed by atoms with Crippen LogP contribution in [-0.4, -0.2) is 12.6 Å². The van der Waals surface area contributed by atoms with E-state index in [-0.39, 0.29) is 11.3 Å². The van der Waals surface area contributed by atoms with Crippen LogP contribution in [-0.2, 0) is 0 Å². The third-order valence-corrected chi connectivity index (χ3v) is 3.80. The van der Waals surface area contributed by atoms with Crippen LogP contribution in [0.25, 0.3) is 10.8 Å². The van der Waals surface area contributed by atoms with E-state index < -0.39 is 23.4 Å². The van der Waals surface area contributed by atoms with E-state index >= 15 is 0 Å². The van der Waals surface area contributed by atoms with Crippen molar-refractivity contribution >= 4 is 16.7 Å². The summed E-state index contributed by atoms with van der Waals surface area (Å²) in [5, 5.41) is 0.760. The van der Waals surface area contributed by atoms with Crippen LogP contribution in [0.3, 0.4) is 0 Å². The number of carbonyl (C=O) groups excluding carboxylic acids is 1. The van der Waals surface area contributed by atoms with E-state index in [2.05, 4.69) is 0 Å². The number of hydrogen-bond acceptors (Lipinski definition) is 3. The minimum absolute atomic E-state index is 0.0846. The molecule has 3 nitrogen and oxygen atoms in total. The summed E-state index contributed by atoms with van der Waals surface area (Å²) in [6.07, 6.45) is 3.57. The van der Waals surface area contributed by atoms with Crippen molar-refractivity contribution in [2.24, 2.45) is 0 Å². The number of halogens is 3. The Kier molecular flexibility index (Phi) is 5.45. The Hall–Kier alpha value is -3.28. The Bertz CT molecular complexity index is 1030. The first-order valence-corrected chi connectivity index (χ1v) is 8.12. The summed E-state index contributed by atoms with van der Waals surface area (Å²) < 4.78 is 51.1. The third kappa shape index (κ3) is 4.28. The van der Waals surface area contributed by atoms with Gasteiger partial charge in [0, 0.05) is 6.07 Å². The van der Waals surface area contributed by atoms with Crippen molar-refractivity contribution in [2.45, 2.75) is 6.92 Å². The average molecular weight is 372 g/mol. The van der Waals surface area contributed by atoms with Gasteiger partial charge in [0.1, 0.15) is 12.4 Å². The molecule has 0 aliphatic rings. The van der Waals surface area contributed by atoms with Gasteiger partial charge in [0.15, 0.2) is 23.2 Å². The van der Waals surface area contributed by atoms with Crippen molar-refractivity contribution in [3.8, 4) is 11.5 Å². The third-order valence-electron chi connectivity index (χ3n) is 3.80. The van der Waals surface area contributed by atoms with Gasteiger partial charge in [0.25, 0.3) is 0 Å². The van der Waals surface area contributed by atoms with Gasteiger partial charge in [-0.15, -0.1) is 0 Å². The van der Waals surface area contributed by atoms with Gasteiger partial charge in [-0.2, -0.15) is 0 Å². The molecule has 3 rings (SSSR count). The molecule has 0 unspecified atom stereocenters. The van der Waals surface area contributed by atoms with Gasteiger partial charge in [-0.05, 0) is 54.1 Å². The predicted octanol–water partition coefficient (Wildman–Crippen LogP) is 5.43. The maximum Gasteiger partial charge on any atom is 0.343 e. The molecule has 27 heavy (non-hydrogen) atoms. The number of allylic oxidation sites excluding steroid dienone is 1. The zero-order valence-electron chi connectivity index (χ0n) is 14.3. The molecule has 0 N–H and O–H groups in total. The van der Waals surface area contributed by atoms with Crippen LogP contribution >= 0.6 is 0 Å². The van der Waals surface area contributed by atoms with E-state index in [0.717, 1.165) is 18.2 Å². The highest BCUT2D eigenvalue weighted by Crippen LogP contribution is 2.25. The number of carbonyl (C=O) groups is 1. The Morgan fingerprint density at radius 1 is 0.926 bits per heavy atom. The smallest absolute Gasteiger partial charge is 0.343 e. The van der Waals surface area contributed by atoms with Crippen molar-refractivity contribution < 1.29 is 27.4 Å². The second-order valence-corrected chi connectivity index (χ2v) is 5.69. The highest BCUT2D eigenvalue weighted by atomic mass is 19.2. The monoisotopic (exact) mass is 372 g/mol. The molecule has 0 saturated heterocycles. The van der Waals surface area contributed by atoms with E-state index in [1.54, 1.807) is 12.2 Å². The molecule has 3 aromatic carbocycles. The maximum absolute atomic E-state index is 14.1. The van der Waals surface area contributed by atoms with E-state index in [4.69, 9.17) is 9.47 Å². The molecule has 0 atom stereocenters. The lowest BCUT2D eigenvalue weighted by atomic mass is 10.1. The van der Waals surface area contributed by atoms with Crippen molar-refractivity contribution in [1.82, 2.24) is 0 Å². The molecule has 0 saturated carbocycles. The van der Waals surface area contributed by atoms with Crippen LogP contribution in [0.15, 0.2) is 60.7 Å². The molecule has 3 aromatic rings. The number of hydrogen-bond donors (Lipinski definition) is 0. The van der Waals surface area contributed by atoms with E-state index in [0.29, 0.717) is 23.1 Å². The lowest BCUT2D eigenvalue weighted by Gasteiger charge is -2.09. The van der Waals surface area contributed by atoms with Crippen LogP contribution in [0.5, 0.6) is 11.5 Å². The number of ether oxygens (including phenoxy) is 2. The maximum atomic E-state index is 14.1. The molecule has 0 aromatic heterocycles. The van der Waals surface area contributed by atoms with E-state index in [9.17, 15) is 18.0 Å². The Balaban J connectivity index is 1.78. The van der Waals surface area contributed by atoms with Gasteiger partial charge < -0.3 is 9.47 Å². The number of rotatable bonds is 5. The summed E-state index contributed by atoms with van der Waals surface area (Å²) in [6.45, 7) is 2.13. The molecule has 0 aliphatic carbocycles. The minimum Gasteiger partial charge on any atom is -0.489 e. The van der Waals surface area contributed by atoms with Gasteiger partial charge in [0.2, 0.25) is 0 Å². The zero-order valence-corrected chi connectivity index (χ0v) is 14.3. The summed E-state index contributed by atoms with van der Waals surface area (Å²) in [6, 6.07) is 10.1.